The predicted octanol–water partition coefficient (Wildman–Crippen LogP) is 6.39. The lowest BCUT2D eigenvalue weighted by atomic mass is 10.1. The minimum Gasteiger partial charge on any atom is -0.369 e. The van der Waals surface area contributed by atoms with Gasteiger partial charge in [0.05, 0.1) is 21.6 Å². The Bertz CT molecular complexity index is 1370. The largest absolute Gasteiger partial charge is 0.369 e. The topological polar surface area (TPSA) is 78.5 Å². The van der Waals surface area contributed by atoms with Gasteiger partial charge in [0.25, 0.3) is 0 Å². The number of para-hydroxylation sites is 3. The average molecular weight is 463 g/mol. The number of hydrogen-bond donors (Lipinski definition) is 3. The first-order valence-corrected chi connectivity index (χ1v) is 11.1. The molecule has 0 bridgehead atoms. The standard InChI is InChI=1S/C24H20Cl2N6/c25-15-10-11-16(18(26)14-15)23-29-19-7-2-1-6-17(19)22(32-23)27-12-5-13-28-24-30-20-8-3-4-9-21(20)31-24/h1-4,6-11,14H,5,12-13H2,(H,27,29,32)(H2,28,30,31). The summed E-state index contributed by atoms with van der Waals surface area (Å²) < 4.78 is 0. The molecule has 0 aliphatic heterocycles. The van der Waals surface area contributed by atoms with Crippen molar-refractivity contribution in [1.82, 2.24) is 19.9 Å². The fourth-order valence-electron chi connectivity index (χ4n) is 3.54. The Labute approximate surface area is 195 Å². The molecule has 0 fully saturated rings. The summed E-state index contributed by atoms with van der Waals surface area (Å²) in [6.45, 7) is 1.51. The summed E-state index contributed by atoms with van der Waals surface area (Å²) in [7, 11) is 0. The number of aromatic nitrogens is 4. The number of benzene rings is 3. The molecule has 8 heteroatoms. The summed E-state index contributed by atoms with van der Waals surface area (Å²) in [4.78, 5) is 17.3. The number of aromatic amines is 1. The number of anilines is 2. The number of H-pyrrole nitrogens is 1. The maximum Gasteiger partial charge on any atom is 0.201 e. The van der Waals surface area contributed by atoms with E-state index in [-0.39, 0.29) is 0 Å². The number of imidazole rings is 1. The first kappa shape index (κ1) is 20.5. The highest BCUT2D eigenvalue weighted by Gasteiger charge is 2.12. The fourth-order valence-corrected chi connectivity index (χ4v) is 4.03. The lowest BCUT2D eigenvalue weighted by Gasteiger charge is -2.12. The van der Waals surface area contributed by atoms with E-state index in [1.54, 1.807) is 12.1 Å². The number of halogens is 2. The second-order valence-corrected chi connectivity index (χ2v) is 8.19. The quantitative estimate of drug-likeness (QED) is 0.244. The van der Waals surface area contributed by atoms with Gasteiger partial charge in [-0.25, -0.2) is 15.0 Å². The second kappa shape index (κ2) is 9.02. The van der Waals surface area contributed by atoms with Crippen molar-refractivity contribution in [2.45, 2.75) is 6.42 Å². The van der Waals surface area contributed by atoms with E-state index in [1.165, 1.54) is 0 Å². The van der Waals surface area contributed by atoms with Crippen LogP contribution in [-0.2, 0) is 0 Å². The highest BCUT2D eigenvalue weighted by molar-refractivity contribution is 6.36. The van der Waals surface area contributed by atoms with Crippen molar-refractivity contribution in [3.63, 3.8) is 0 Å². The van der Waals surface area contributed by atoms with E-state index in [4.69, 9.17) is 33.2 Å². The Kier molecular flexibility index (Phi) is 5.79. The van der Waals surface area contributed by atoms with Crippen LogP contribution in [0.25, 0.3) is 33.3 Å². The van der Waals surface area contributed by atoms with Crippen LogP contribution < -0.4 is 10.6 Å². The molecule has 6 nitrogen and oxygen atoms in total. The first-order chi connectivity index (χ1) is 15.7. The van der Waals surface area contributed by atoms with Crippen LogP contribution in [0.1, 0.15) is 6.42 Å². The summed E-state index contributed by atoms with van der Waals surface area (Å²) in [6, 6.07) is 21.2. The molecule has 0 atom stereocenters. The van der Waals surface area contributed by atoms with Gasteiger partial charge in [-0.05, 0) is 48.9 Å². The van der Waals surface area contributed by atoms with Gasteiger partial charge in [-0.1, -0.05) is 47.5 Å². The maximum atomic E-state index is 6.40. The number of rotatable bonds is 7. The third kappa shape index (κ3) is 4.33. The third-order valence-corrected chi connectivity index (χ3v) is 5.65. The monoisotopic (exact) mass is 462 g/mol. The number of hydrogen-bond acceptors (Lipinski definition) is 5. The molecule has 160 valence electrons. The van der Waals surface area contributed by atoms with Crippen molar-refractivity contribution in [2.24, 2.45) is 0 Å². The van der Waals surface area contributed by atoms with Crippen molar-refractivity contribution >= 4 is 56.9 Å². The van der Waals surface area contributed by atoms with Gasteiger partial charge in [-0.15, -0.1) is 0 Å². The zero-order valence-corrected chi connectivity index (χ0v) is 18.6. The molecule has 0 unspecified atom stereocenters. The lowest BCUT2D eigenvalue weighted by molar-refractivity contribution is 0.896. The molecule has 2 heterocycles. The van der Waals surface area contributed by atoms with Gasteiger partial charge >= 0.3 is 0 Å². The van der Waals surface area contributed by atoms with Crippen LogP contribution in [0, 0.1) is 0 Å². The summed E-state index contributed by atoms with van der Waals surface area (Å²) >= 11 is 12.4. The lowest BCUT2D eigenvalue weighted by Crippen LogP contribution is -2.11. The first-order valence-electron chi connectivity index (χ1n) is 10.3. The van der Waals surface area contributed by atoms with Gasteiger partial charge in [0.15, 0.2) is 5.82 Å². The minimum absolute atomic E-state index is 0.522. The predicted molar refractivity (Wildman–Crippen MR) is 133 cm³/mol. The van der Waals surface area contributed by atoms with E-state index >= 15 is 0 Å². The maximum absolute atomic E-state index is 6.40. The molecule has 5 aromatic rings. The molecule has 3 N–H and O–H groups in total. The van der Waals surface area contributed by atoms with Gasteiger partial charge in [0.1, 0.15) is 5.82 Å². The SMILES string of the molecule is Clc1ccc(-c2nc(NCCCNc3nc4ccccc4[nH]3)c3ccccc3n2)c(Cl)c1. The van der Waals surface area contributed by atoms with Crippen LogP contribution in [0.5, 0.6) is 0 Å². The van der Waals surface area contributed by atoms with E-state index in [2.05, 4.69) is 20.6 Å². The van der Waals surface area contributed by atoms with Crippen molar-refractivity contribution in [2.75, 3.05) is 23.7 Å². The molecule has 0 aliphatic carbocycles. The normalized spacial score (nSPS) is 11.2. The zero-order chi connectivity index (χ0) is 21.9. The van der Waals surface area contributed by atoms with Gasteiger partial charge in [0.2, 0.25) is 5.95 Å². The second-order valence-electron chi connectivity index (χ2n) is 7.35. The number of nitrogens with zero attached hydrogens (tertiary/aromatic N) is 3. The number of nitrogens with one attached hydrogen (secondary N) is 3. The van der Waals surface area contributed by atoms with Crippen molar-refractivity contribution in [1.29, 1.82) is 0 Å². The highest BCUT2D eigenvalue weighted by atomic mass is 35.5. The molecule has 0 aliphatic rings. The van der Waals surface area contributed by atoms with E-state index in [0.717, 1.165) is 58.8 Å². The molecular weight excluding hydrogens is 443 g/mol. The van der Waals surface area contributed by atoms with Gasteiger partial charge in [-0.2, -0.15) is 0 Å². The van der Waals surface area contributed by atoms with Crippen molar-refractivity contribution < 1.29 is 0 Å². The summed E-state index contributed by atoms with van der Waals surface area (Å²) in [5.74, 6) is 2.12. The molecule has 5 rings (SSSR count). The van der Waals surface area contributed by atoms with E-state index in [0.29, 0.717) is 15.9 Å². The molecular formula is C24H20Cl2N6. The highest BCUT2D eigenvalue weighted by Crippen LogP contribution is 2.31. The van der Waals surface area contributed by atoms with Crippen LogP contribution in [-0.4, -0.2) is 33.0 Å². The molecule has 0 radical (unpaired) electrons. The van der Waals surface area contributed by atoms with E-state index in [9.17, 15) is 0 Å². The Hall–Kier alpha value is -3.35. The Balaban J connectivity index is 1.29. The van der Waals surface area contributed by atoms with E-state index < -0.39 is 0 Å². The Morgan fingerprint density at radius 2 is 1.56 bits per heavy atom. The summed E-state index contributed by atoms with van der Waals surface area (Å²) in [6.07, 6.45) is 0.881. The molecule has 32 heavy (non-hydrogen) atoms. The zero-order valence-electron chi connectivity index (χ0n) is 17.1. The fraction of sp³-hybridized carbons (Fsp3) is 0.125. The molecule has 0 spiro atoms. The molecule has 0 saturated carbocycles. The van der Waals surface area contributed by atoms with Crippen LogP contribution in [0.3, 0.4) is 0 Å². The van der Waals surface area contributed by atoms with Crippen molar-refractivity contribution in [3.05, 3.63) is 76.8 Å². The average Bonchev–Trinajstić information content (AvgIpc) is 3.21. The van der Waals surface area contributed by atoms with Gasteiger partial charge in [-0.3, -0.25) is 0 Å². The van der Waals surface area contributed by atoms with Crippen LogP contribution in [0.2, 0.25) is 10.0 Å². The Morgan fingerprint density at radius 3 is 2.41 bits per heavy atom. The molecule has 2 aromatic heterocycles. The minimum atomic E-state index is 0.522. The summed E-state index contributed by atoms with van der Waals surface area (Å²) in [5.41, 5.74) is 3.57. The molecule has 0 amide bonds. The van der Waals surface area contributed by atoms with Crippen LogP contribution >= 0.6 is 23.2 Å². The molecule has 0 saturated heterocycles. The summed E-state index contributed by atoms with van der Waals surface area (Å²) in [5, 5.41) is 8.85. The van der Waals surface area contributed by atoms with Gasteiger partial charge in [0, 0.05) is 29.1 Å². The Morgan fingerprint density at radius 1 is 0.781 bits per heavy atom. The van der Waals surface area contributed by atoms with Crippen LogP contribution in [0.4, 0.5) is 11.8 Å². The van der Waals surface area contributed by atoms with Crippen LogP contribution in [0.15, 0.2) is 66.7 Å². The third-order valence-electron chi connectivity index (χ3n) is 5.10. The van der Waals surface area contributed by atoms with Gasteiger partial charge < -0.3 is 15.6 Å². The van der Waals surface area contributed by atoms with E-state index in [1.807, 2.05) is 54.6 Å². The smallest absolute Gasteiger partial charge is 0.201 e. The molecule has 3 aromatic carbocycles. The number of fused-ring (bicyclic) bond motifs is 2. The van der Waals surface area contributed by atoms with Crippen molar-refractivity contribution in [3.8, 4) is 11.4 Å².